The summed E-state index contributed by atoms with van der Waals surface area (Å²) in [4.78, 5) is 4.87. The quantitative estimate of drug-likeness (QED) is 0.565. The summed E-state index contributed by atoms with van der Waals surface area (Å²) in [6.45, 7) is 0. The standard InChI is InChI=1S/C17H18ClNO3S/c1-21-16-9-3-13(4-10-16)11-23(20)12-17(19-22-2)14-5-7-15(18)8-6-14/h3-10H,11-12H2,1-2H3/b19-17+. The molecule has 4 nitrogen and oxygen atoms in total. The molecule has 2 aromatic rings. The number of hydrogen-bond acceptors (Lipinski definition) is 4. The second-order valence-electron chi connectivity index (χ2n) is 4.80. The van der Waals surface area contributed by atoms with Crippen LogP contribution in [0.15, 0.2) is 53.7 Å². The van der Waals surface area contributed by atoms with Crippen molar-refractivity contribution in [2.45, 2.75) is 5.75 Å². The van der Waals surface area contributed by atoms with E-state index in [0.29, 0.717) is 22.2 Å². The van der Waals surface area contributed by atoms with E-state index >= 15 is 0 Å². The minimum Gasteiger partial charge on any atom is -0.497 e. The first kappa shape index (κ1) is 17.5. The molecule has 0 aromatic heterocycles. The maximum atomic E-state index is 12.4. The zero-order valence-electron chi connectivity index (χ0n) is 13.0. The molecule has 0 saturated heterocycles. The molecule has 2 aromatic carbocycles. The summed E-state index contributed by atoms with van der Waals surface area (Å²) in [6, 6.07) is 14.8. The Bertz CT molecular complexity index is 684. The molecule has 0 fully saturated rings. The van der Waals surface area contributed by atoms with Crippen LogP contribution in [0.4, 0.5) is 0 Å². The lowest BCUT2D eigenvalue weighted by Crippen LogP contribution is -2.14. The molecule has 1 atom stereocenters. The number of ether oxygens (including phenoxy) is 1. The van der Waals surface area contributed by atoms with Gasteiger partial charge in [-0.2, -0.15) is 0 Å². The van der Waals surface area contributed by atoms with Crippen LogP contribution in [0.1, 0.15) is 11.1 Å². The molecule has 122 valence electrons. The highest BCUT2D eigenvalue weighted by Crippen LogP contribution is 2.14. The van der Waals surface area contributed by atoms with Gasteiger partial charge in [0.15, 0.2) is 0 Å². The van der Waals surface area contributed by atoms with Crippen LogP contribution in [-0.4, -0.2) is 29.9 Å². The maximum Gasteiger partial charge on any atom is 0.118 e. The first-order valence-electron chi connectivity index (χ1n) is 6.96. The van der Waals surface area contributed by atoms with E-state index in [1.165, 1.54) is 7.11 Å². The summed E-state index contributed by atoms with van der Waals surface area (Å²) >= 11 is 5.89. The summed E-state index contributed by atoms with van der Waals surface area (Å²) in [5, 5.41) is 4.64. The third-order valence-corrected chi connectivity index (χ3v) is 4.67. The van der Waals surface area contributed by atoms with Crippen LogP contribution in [0, 0.1) is 0 Å². The lowest BCUT2D eigenvalue weighted by molar-refractivity contribution is 0.213. The van der Waals surface area contributed by atoms with Crippen LogP contribution >= 0.6 is 11.6 Å². The minimum absolute atomic E-state index is 0.307. The van der Waals surface area contributed by atoms with Crippen molar-refractivity contribution >= 4 is 28.1 Å². The monoisotopic (exact) mass is 351 g/mol. The van der Waals surface area contributed by atoms with Crippen molar-refractivity contribution in [3.8, 4) is 5.75 Å². The van der Waals surface area contributed by atoms with E-state index in [4.69, 9.17) is 21.2 Å². The smallest absolute Gasteiger partial charge is 0.118 e. The van der Waals surface area contributed by atoms with E-state index in [2.05, 4.69) is 5.16 Å². The summed E-state index contributed by atoms with van der Waals surface area (Å²) in [5.74, 6) is 1.53. The van der Waals surface area contributed by atoms with Crippen molar-refractivity contribution in [3.05, 3.63) is 64.7 Å². The average Bonchev–Trinajstić information content (AvgIpc) is 2.56. The zero-order chi connectivity index (χ0) is 16.7. The van der Waals surface area contributed by atoms with Gasteiger partial charge in [0.25, 0.3) is 0 Å². The highest BCUT2D eigenvalue weighted by Gasteiger charge is 2.11. The number of halogens is 1. The zero-order valence-corrected chi connectivity index (χ0v) is 14.6. The van der Waals surface area contributed by atoms with E-state index in [-0.39, 0.29) is 0 Å². The van der Waals surface area contributed by atoms with Gasteiger partial charge in [-0.3, -0.25) is 4.21 Å². The Hall–Kier alpha value is -1.85. The van der Waals surface area contributed by atoms with Gasteiger partial charge < -0.3 is 9.57 Å². The molecule has 1 unspecified atom stereocenters. The van der Waals surface area contributed by atoms with Crippen molar-refractivity contribution in [1.82, 2.24) is 0 Å². The lowest BCUT2D eigenvalue weighted by atomic mass is 10.1. The Balaban J connectivity index is 2.05. The van der Waals surface area contributed by atoms with Gasteiger partial charge in [0.2, 0.25) is 0 Å². The lowest BCUT2D eigenvalue weighted by Gasteiger charge is -2.07. The van der Waals surface area contributed by atoms with E-state index in [0.717, 1.165) is 16.9 Å². The maximum absolute atomic E-state index is 12.4. The van der Waals surface area contributed by atoms with E-state index < -0.39 is 10.8 Å². The fourth-order valence-corrected chi connectivity index (χ4v) is 3.34. The Morgan fingerprint density at radius 3 is 2.30 bits per heavy atom. The van der Waals surface area contributed by atoms with Gasteiger partial charge in [-0.1, -0.05) is 41.0 Å². The Morgan fingerprint density at radius 1 is 1.09 bits per heavy atom. The van der Waals surface area contributed by atoms with Crippen LogP contribution in [0.3, 0.4) is 0 Å². The second-order valence-corrected chi connectivity index (χ2v) is 6.70. The van der Waals surface area contributed by atoms with Crippen LogP contribution in [0.2, 0.25) is 5.02 Å². The fraction of sp³-hybridized carbons (Fsp3) is 0.235. The summed E-state index contributed by atoms with van der Waals surface area (Å²) < 4.78 is 17.5. The number of rotatable bonds is 7. The SMILES string of the molecule is CO/N=C(\CS(=O)Cc1ccc(OC)cc1)c1ccc(Cl)cc1. The molecule has 0 aliphatic heterocycles. The van der Waals surface area contributed by atoms with E-state index in [1.807, 2.05) is 36.4 Å². The molecule has 2 rings (SSSR count). The molecule has 0 N–H and O–H groups in total. The van der Waals surface area contributed by atoms with Gasteiger partial charge in [-0.25, -0.2) is 0 Å². The van der Waals surface area contributed by atoms with Crippen LogP contribution in [0.25, 0.3) is 0 Å². The molecule has 0 bridgehead atoms. The Labute approximate surface area is 143 Å². The number of hydrogen-bond donors (Lipinski definition) is 0. The predicted molar refractivity (Wildman–Crippen MR) is 94.7 cm³/mol. The summed E-state index contributed by atoms with van der Waals surface area (Å²) in [7, 11) is 1.99. The van der Waals surface area contributed by atoms with Crippen molar-refractivity contribution < 1.29 is 13.8 Å². The van der Waals surface area contributed by atoms with Gasteiger partial charge >= 0.3 is 0 Å². The molecule has 0 aliphatic rings. The molecular weight excluding hydrogens is 334 g/mol. The number of methoxy groups -OCH3 is 1. The molecule has 0 radical (unpaired) electrons. The number of benzene rings is 2. The first-order chi connectivity index (χ1) is 11.1. The molecular formula is C17H18ClNO3S. The molecule has 0 heterocycles. The molecule has 6 heteroatoms. The van der Waals surface area contributed by atoms with Crippen molar-refractivity contribution in [1.29, 1.82) is 0 Å². The van der Waals surface area contributed by atoms with Gasteiger partial charge in [0, 0.05) is 27.1 Å². The average molecular weight is 352 g/mol. The van der Waals surface area contributed by atoms with Crippen LogP contribution in [0.5, 0.6) is 5.75 Å². The molecule has 0 spiro atoms. The highest BCUT2D eigenvalue weighted by atomic mass is 35.5. The van der Waals surface area contributed by atoms with E-state index in [9.17, 15) is 4.21 Å². The van der Waals surface area contributed by atoms with Crippen molar-refractivity contribution in [2.24, 2.45) is 5.16 Å². The van der Waals surface area contributed by atoms with E-state index in [1.54, 1.807) is 19.2 Å². The number of oxime groups is 1. The molecule has 0 aliphatic carbocycles. The molecule has 23 heavy (non-hydrogen) atoms. The van der Waals surface area contributed by atoms with Crippen molar-refractivity contribution in [2.75, 3.05) is 20.0 Å². The summed E-state index contributed by atoms with van der Waals surface area (Å²) in [6.07, 6.45) is 0. The Kier molecular flexibility index (Phi) is 6.62. The summed E-state index contributed by atoms with van der Waals surface area (Å²) in [5.41, 5.74) is 2.47. The third-order valence-electron chi connectivity index (χ3n) is 3.16. The topological polar surface area (TPSA) is 47.9 Å². The Morgan fingerprint density at radius 2 is 1.74 bits per heavy atom. The normalized spacial score (nSPS) is 12.7. The second kappa shape index (κ2) is 8.70. The minimum atomic E-state index is -1.10. The largest absolute Gasteiger partial charge is 0.497 e. The molecule has 0 saturated carbocycles. The highest BCUT2D eigenvalue weighted by molar-refractivity contribution is 7.85. The van der Waals surface area contributed by atoms with Gasteiger partial charge in [0.05, 0.1) is 18.6 Å². The van der Waals surface area contributed by atoms with Crippen LogP contribution in [-0.2, 0) is 21.4 Å². The molecule has 0 amide bonds. The fourth-order valence-electron chi connectivity index (χ4n) is 2.03. The van der Waals surface area contributed by atoms with Crippen molar-refractivity contribution in [3.63, 3.8) is 0 Å². The van der Waals surface area contributed by atoms with Crippen LogP contribution < -0.4 is 4.74 Å². The van der Waals surface area contributed by atoms with Gasteiger partial charge in [0.1, 0.15) is 12.9 Å². The van der Waals surface area contributed by atoms with Gasteiger partial charge in [-0.15, -0.1) is 0 Å². The number of nitrogens with zero attached hydrogens (tertiary/aromatic N) is 1. The third kappa shape index (κ3) is 5.37. The van der Waals surface area contributed by atoms with Gasteiger partial charge in [-0.05, 0) is 29.8 Å². The predicted octanol–water partition coefficient (Wildman–Crippen LogP) is 3.65. The first-order valence-corrected chi connectivity index (χ1v) is 8.83.